The monoisotopic (exact) mass is 299 g/mol. The molecule has 1 saturated heterocycles. The van der Waals surface area contributed by atoms with Crippen LogP contribution in [0.2, 0.25) is 0 Å². The fourth-order valence-electron chi connectivity index (χ4n) is 1.85. The van der Waals surface area contributed by atoms with Crippen molar-refractivity contribution in [2.45, 2.75) is 0 Å². The van der Waals surface area contributed by atoms with Crippen molar-refractivity contribution in [2.24, 2.45) is 10.9 Å². The number of ether oxygens (including phenoxy) is 1. The van der Waals surface area contributed by atoms with Gasteiger partial charge < -0.3 is 20.6 Å². The molecule has 0 saturated carbocycles. The SMILES string of the molecule is N/C(=N/O)c1cc(Br)ccc1N1CCOCC1. The number of amidine groups is 1. The molecule has 0 aliphatic carbocycles. The van der Waals surface area contributed by atoms with Crippen LogP contribution in [0.4, 0.5) is 5.69 Å². The van der Waals surface area contributed by atoms with Gasteiger partial charge in [-0.05, 0) is 18.2 Å². The van der Waals surface area contributed by atoms with Gasteiger partial charge in [-0.1, -0.05) is 21.1 Å². The lowest BCUT2D eigenvalue weighted by Gasteiger charge is -2.30. The van der Waals surface area contributed by atoms with E-state index in [4.69, 9.17) is 15.7 Å². The lowest BCUT2D eigenvalue weighted by molar-refractivity contribution is 0.122. The summed E-state index contributed by atoms with van der Waals surface area (Å²) in [6.07, 6.45) is 0. The molecule has 92 valence electrons. The summed E-state index contributed by atoms with van der Waals surface area (Å²) in [4.78, 5) is 2.17. The number of hydrogen-bond acceptors (Lipinski definition) is 4. The third-order valence-electron chi connectivity index (χ3n) is 2.69. The van der Waals surface area contributed by atoms with Crippen molar-refractivity contribution in [3.05, 3.63) is 28.2 Å². The summed E-state index contributed by atoms with van der Waals surface area (Å²) in [6.45, 7) is 3.03. The first kappa shape index (κ1) is 12.2. The van der Waals surface area contributed by atoms with Crippen LogP contribution in [0.3, 0.4) is 0 Å². The van der Waals surface area contributed by atoms with Gasteiger partial charge in [-0.25, -0.2) is 0 Å². The Kier molecular flexibility index (Phi) is 3.86. The molecular formula is C11H14BrN3O2. The normalized spacial score (nSPS) is 17.2. The van der Waals surface area contributed by atoms with Crippen molar-refractivity contribution in [2.75, 3.05) is 31.2 Å². The van der Waals surface area contributed by atoms with Crippen LogP contribution in [-0.4, -0.2) is 37.3 Å². The molecule has 6 heteroatoms. The van der Waals surface area contributed by atoms with Gasteiger partial charge in [0.25, 0.3) is 0 Å². The largest absolute Gasteiger partial charge is 0.409 e. The van der Waals surface area contributed by atoms with Crippen LogP contribution in [0, 0.1) is 0 Å². The lowest BCUT2D eigenvalue weighted by atomic mass is 10.1. The highest BCUT2D eigenvalue weighted by molar-refractivity contribution is 9.10. The third kappa shape index (κ3) is 2.70. The van der Waals surface area contributed by atoms with Gasteiger partial charge in [-0.15, -0.1) is 0 Å². The second-order valence-electron chi connectivity index (χ2n) is 3.75. The topological polar surface area (TPSA) is 71.1 Å². The molecular weight excluding hydrogens is 286 g/mol. The zero-order chi connectivity index (χ0) is 12.3. The first-order valence-electron chi connectivity index (χ1n) is 5.32. The van der Waals surface area contributed by atoms with E-state index in [0.29, 0.717) is 13.2 Å². The molecule has 1 aromatic carbocycles. The van der Waals surface area contributed by atoms with Crippen molar-refractivity contribution in [3.63, 3.8) is 0 Å². The van der Waals surface area contributed by atoms with Crippen molar-refractivity contribution in [1.82, 2.24) is 0 Å². The highest BCUT2D eigenvalue weighted by atomic mass is 79.9. The van der Waals surface area contributed by atoms with Crippen LogP contribution >= 0.6 is 15.9 Å². The zero-order valence-corrected chi connectivity index (χ0v) is 10.9. The molecule has 1 aliphatic rings. The number of nitrogens with zero attached hydrogens (tertiary/aromatic N) is 2. The van der Waals surface area contributed by atoms with Crippen molar-refractivity contribution < 1.29 is 9.94 Å². The summed E-state index contributed by atoms with van der Waals surface area (Å²) >= 11 is 3.38. The molecule has 17 heavy (non-hydrogen) atoms. The molecule has 1 heterocycles. The molecule has 0 bridgehead atoms. The summed E-state index contributed by atoms with van der Waals surface area (Å²) in [6, 6.07) is 5.75. The van der Waals surface area contributed by atoms with Gasteiger partial charge in [0.1, 0.15) is 0 Å². The minimum absolute atomic E-state index is 0.118. The fourth-order valence-corrected chi connectivity index (χ4v) is 2.21. The van der Waals surface area contributed by atoms with Crippen LogP contribution in [0.5, 0.6) is 0 Å². The Hall–Kier alpha value is -1.27. The molecule has 0 amide bonds. The Morgan fingerprint density at radius 1 is 1.41 bits per heavy atom. The molecule has 1 fully saturated rings. The molecule has 0 atom stereocenters. The van der Waals surface area contributed by atoms with Gasteiger partial charge >= 0.3 is 0 Å². The molecule has 1 aliphatic heterocycles. The second-order valence-corrected chi connectivity index (χ2v) is 4.66. The van der Waals surface area contributed by atoms with E-state index in [1.54, 1.807) is 0 Å². The van der Waals surface area contributed by atoms with Crippen LogP contribution in [-0.2, 0) is 4.74 Å². The molecule has 0 unspecified atom stereocenters. The van der Waals surface area contributed by atoms with Crippen LogP contribution in [0.15, 0.2) is 27.8 Å². The summed E-state index contributed by atoms with van der Waals surface area (Å²) < 4.78 is 6.21. The molecule has 5 nitrogen and oxygen atoms in total. The van der Waals surface area contributed by atoms with E-state index < -0.39 is 0 Å². The maximum absolute atomic E-state index is 8.81. The van der Waals surface area contributed by atoms with E-state index in [-0.39, 0.29) is 5.84 Å². The quantitative estimate of drug-likeness (QED) is 0.375. The number of benzene rings is 1. The number of nitrogens with two attached hydrogens (primary N) is 1. The summed E-state index contributed by atoms with van der Waals surface area (Å²) in [5.74, 6) is 0.118. The second kappa shape index (κ2) is 5.37. The molecule has 0 aromatic heterocycles. The van der Waals surface area contributed by atoms with Gasteiger partial charge in [0.15, 0.2) is 5.84 Å². The van der Waals surface area contributed by atoms with E-state index in [2.05, 4.69) is 26.0 Å². The number of anilines is 1. The van der Waals surface area contributed by atoms with Gasteiger partial charge in [-0.2, -0.15) is 0 Å². The average Bonchev–Trinajstić information content (AvgIpc) is 2.38. The van der Waals surface area contributed by atoms with Gasteiger partial charge in [0, 0.05) is 28.8 Å². The molecule has 0 radical (unpaired) electrons. The standard InChI is InChI=1S/C11H14BrN3O2/c12-8-1-2-10(9(7-8)11(13)14-16)15-3-5-17-6-4-15/h1-2,7,16H,3-6H2,(H2,13,14). The van der Waals surface area contributed by atoms with Crippen LogP contribution < -0.4 is 10.6 Å². The molecule has 2 rings (SSSR count). The van der Waals surface area contributed by atoms with E-state index in [9.17, 15) is 0 Å². The Bertz CT molecular complexity index is 431. The first-order chi connectivity index (χ1) is 8.22. The minimum Gasteiger partial charge on any atom is -0.409 e. The summed E-state index contributed by atoms with van der Waals surface area (Å²) in [5.41, 5.74) is 7.38. The maximum atomic E-state index is 8.81. The predicted molar refractivity (Wildman–Crippen MR) is 69.7 cm³/mol. The van der Waals surface area contributed by atoms with Crippen LogP contribution in [0.25, 0.3) is 0 Å². The number of oxime groups is 1. The first-order valence-corrected chi connectivity index (χ1v) is 6.12. The van der Waals surface area contributed by atoms with Crippen molar-refractivity contribution >= 4 is 27.5 Å². The average molecular weight is 300 g/mol. The van der Waals surface area contributed by atoms with E-state index >= 15 is 0 Å². The van der Waals surface area contributed by atoms with E-state index in [1.807, 2.05) is 18.2 Å². The smallest absolute Gasteiger partial charge is 0.172 e. The lowest BCUT2D eigenvalue weighted by Crippen LogP contribution is -2.37. The molecule has 0 spiro atoms. The van der Waals surface area contributed by atoms with E-state index in [0.717, 1.165) is 28.8 Å². The highest BCUT2D eigenvalue weighted by Gasteiger charge is 2.16. The van der Waals surface area contributed by atoms with E-state index in [1.165, 1.54) is 0 Å². The fraction of sp³-hybridized carbons (Fsp3) is 0.364. The maximum Gasteiger partial charge on any atom is 0.172 e. The minimum atomic E-state index is 0.118. The number of morpholine rings is 1. The Morgan fingerprint density at radius 3 is 2.76 bits per heavy atom. The number of hydrogen-bond donors (Lipinski definition) is 2. The summed E-state index contributed by atoms with van der Waals surface area (Å²) in [7, 11) is 0. The van der Waals surface area contributed by atoms with Crippen molar-refractivity contribution in [3.8, 4) is 0 Å². The zero-order valence-electron chi connectivity index (χ0n) is 9.27. The van der Waals surface area contributed by atoms with Crippen LogP contribution in [0.1, 0.15) is 5.56 Å². The third-order valence-corrected chi connectivity index (χ3v) is 3.19. The Balaban J connectivity index is 2.37. The summed E-state index contributed by atoms with van der Waals surface area (Å²) in [5, 5.41) is 11.9. The van der Waals surface area contributed by atoms with Gasteiger partial charge in [0.2, 0.25) is 0 Å². The van der Waals surface area contributed by atoms with Gasteiger partial charge in [-0.3, -0.25) is 0 Å². The molecule has 3 N–H and O–H groups in total. The number of rotatable bonds is 2. The Morgan fingerprint density at radius 2 is 2.12 bits per heavy atom. The number of halogens is 1. The highest BCUT2D eigenvalue weighted by Crippen LogP contribution is 2.25. The molecule has 1 aromatic rings. The van der Waals surface area contributed by atoms with Gasteiger partial charge in [0.05, 0.1) is 13.2 Å². The predicted octanol–water partition coefficient (Wildman–Crippen LogP) is 1.38. The van der Waals surface area contributed by atoms with Crippen molar-refractivity contribution in [1.29, 1.82) is 0 Å². The Labute approximate surface area is 108 Å².